The highest BCUT2D eigenvalue weighted by Crippen LogP contribution is 2.21. The first-order valence-corrected chi connectivity index (χ1v) is 5.49. The van der Waals surface area contributed by atoms with E-state index in [2.05, 4.69) is 5.32 Å². The predicted octanol–water partition coefficient (Wildman–Crippen LogP) is 1.27. The zero-order valence-corrected chi connectivity index (χ0v) is 8.41. The minimum absolute atomic E-state index is 0.552. The van der Waals surface area contributed by atoms with Crippen molar-refractivity contribution in [1.82, 2.24) is 10.2 Å². The van der Waals surface area contributed by atoms with Gasteiger partial charge in [-0.15, -0.1) is 0 Å². The number of nitrogens with zero attached hydrogens (tertiary/aromatic N) is 1. The third-order valence-electron chi connectivity index (χ3n) is 3.34. The molecule has 1 amide bonds. The van der Waals surface area contributed by atoms with Crippen molar-refractivity contribution in [2.45, 2.75) is 44.2 Å². The molecule has 0 aromatic rings. The van der Waals surface area contributed by atoms with Crippen molar-refractivity contribution in [3.05, 3.63) is 0 Å². The third kappa shape index (κ3) is 2.18. The molecule has 0 aromatic carbocycles. The number of amides is 1. The van der Waals surface area contributed by atoms with Crippen molar-refractivity contribution in [3.8, 4) is 0 Å². The van der Waals surface area contributed by atoms with E-state index in [1.54, 1.807) is 0 Å². The molecule has 2 aliphatic rings. The van der Waals surface area contributed by atoms with Crippen LogP contribution < -0.4 is 5.32 Å². The number of hydrogen-bond donors (Lipinski definition) is 2. The molecule has 1 aliphatic carbocycles. The molecule has 1 heterocycles. The maximum Gasteiger partial charge on any atom is 0.407 e. The summed E-state index contributed by atoms with van der Waals surface area (Å²) in [5, 5.41) is 12.4. The van der Waals surface area contributed by atoms with Gasteiger partial charge in [0.2, 0.25) is 0 Å². The molecule has 0 atom stereocenters. The summed E-state index contributed by atoms with van der Waals surface area (Å²) < 4.78 is 0. The van der Waals surface area contributed by atoms with Gasteiger partial charge in [0, 0.05) is 25.2 Å². The smallest absolute Gasteiger partial charge is 0.407 e. The minimum atomic E-state index is -0.771. The van der Waals surface area contributed by atoms with Gasteiger partial charge in [-0.1, -0.05) is 6.42 Å². The molecule has 2 N–H and O–H groups in total. The van der Waals surface area contributed by atoms with Crippen molar-refractivity contribution in [1.29, 1.82) is 0 Å². The van der Waals surface area contributed by atoms with Gasteiger partial charge in [-0.2, -0.15) is 0 Å². The Labute approximate surface area is 84.3 Å². The molecule has 0 spiro atoms. The summed E-state index contributed by atoms with van der Waals surface area (Å²) in [6.45, 7) is 1.39. The normalized spacial score (nSPS) is 24.7. The first-order chi connectivity index (χ1) is 6.75. The molecule has 0 aromatic heterocycles. The third-order valence-corrected chi connectivity index (χ3v) is 3.34. The van der Waals surface area contributed by atoms with Crippen LogP contribution >= 0.6 is 0 Å². The summed E-state index contributed by atoms with van der Waals surface area (Å²) in [7, 11) is 0. The summed E-state index contributed by atoms with van der Waals surface area (Å²) in [5.74, 6) is 0. The van der Waals surface area contributed by atoms with E-state index in [4.69, 9.17) is 5.11 Å². The molecule has 4 heteroatoms. The van der Waals surface area contributed by atoms with Crippen LogP contribution in [0.2, 0.25) is 0 Å². The number of rotatable bonds is 2. The van der Waals surface area contributed by atoms with Crippen molar-refractivity contribution in [2.75, 3.05) is 13.1 Å². The van der Waals surface area contributed by atoms with Gasteiger partial charge in [0.15, 0.2) is 0 Å². The van der Waals surface area contributed by atoms with Gasteiger partial charge < -0.3 is 15.3 Å². The van der Waals surface area contributed by atoms with Crippen LogP contribution in [-0.2, 0) is 0 Å². The van der Waals surface area contributed by atoms with Gasteiger partial charge in [0.25, 0.3) is 0 Å². The second kappa shape index (κ2) is 4.17. The van der Waals surface area contributed by atoms with E-state index in [0.717, 1.165) is 18.9 Å². The Bertz CT molecular complexity index is 208. The molecule has 0 radical (unpaired) electrons. The Morgan fingerprint density at radius 3 is 2.14 bits per heavy atom. The summed E-state index contributed by atoms with van der Waals surface area (Å²) in [6.07, 6.45) is 5.14. The summed E-state index contributed by atoms with van der Waals surface area (Å²) in [4.78, 5) is 12.2. The molecule has 14 heavy (non-hydrogen) atoms. The standard InChI is InChI=1S/C10H18N2O2/c13-10(14)12-6-4-9(5-7-12)11-8-2-1-3-8/h8-9,11H,1-7H2,(H,13,14). The van der Waals surface area contributed by atoms with Gasteiger partial charge in [-0.05, 0) is 25.7 Å². The summed E-state index contributed by atoms with van der Waals surface area (Å²) in [6, 6.07) is 1.27. The van der Waals surface area contributed by atoms with Gasteiger partial charge >= 0.3 is 6.09 Å². The fourth-order valence-electron chi connectivity index (χ4n) is 2.15. The van der Waals surface area contributed by atoms with Gasteiger partial charge in [-0.3, -0.25) is 0 Å². The Hall–Kier alpha value is -0.770. The Morgan fingerprint density at radius 2 is 1.71 bits per heavy atom. The van der Waals surface area contributed by atoms with Crippen LogP contribution in [0.1, 0.15) is 32.1 Å². The number of carbonyl (C=O) groups is 1. The molecule has 80 valence electrons. The minimum Gasteiger partial charge on any atom is -0.465 e. The Kier molecular flexibility index (Phi) is 2.91. The van der Waals surface area contributed by atoms with Crippen LogP contribution in [0, 0.1) is 0 Å². The molecule has 0 unspecified atom stereocenters. The first kappa shape index (κ1) is 9.77. The van der Waals surface area contributed by atoms with Gasteiger partial charge in [0.1, 0.15) is 0 Å². The molecule has 2 fully saturated rings. The maximum absolute atomic E-state index is 10.7. The van der Waals surface area contributed by atoms with Crippen molar-refractivity contribution >= 4 is 6.09 Å². The zero-order valence-electron chi connectivity index (χ0n) is 8.41. The van der Waals surface area contributed by atoms with Crippen LogP contribution in [-0.4, -0.2) is 41.3 Å². The largest absolute Gasteiger partial charge is 0.465 e. The SMILES string of the molecule is O=C(O)N1CCC(NC2CCC2)CC1. The number of carboxylic acid groups (broad SMARTS) is 1. The van der Waals surface area contributed by atoms with E-state index in [1.165, 1.54) is 24.2 Å². The topological polar surface area (TPSA) is 52.6 Å². The highest BCUT2D eigenvalue weighted by atomic mass is 16.4. The zero-order chi connectivity index (χ0) is 9.97. The highest BCUT2D eigenvalue weighted by Gasteiger charge is 2.25. The number of piperidine rings is 1. The molecule has 0 bridgehead atoms. The van der Waals surface area contributed by atoms with E-state index in [1.807, 2.05) is 0 Å². The van der Waals surface area contributed by atoms with E-state index >= 15 is 0 Å². The van der Waals surface area contributed by atoms with E-state index in [9.17, 15) is 4.79 Å². The quantitative estimate of drug-likeness (QED) is 0.702. The van der Waals surface area contributed by atoms with Gasteiger partial charge in [-0.25, -0.2) is 4.79 Å². The lowest BCUT2D eigenvalue weighted by Crippen LogP contribution is -2.49. The van der Waals surface area contributed by atoms with E-state index in [-0.39, 0.29) is 0 Å². The molecule has 1 aliphatic heterocycles. The Morgan fingerprint density at radius 1 is 1.14 bits per heavy atom. The molecule has 4 nitrogen and oxygen atoms in total. The second-order valence-corrected chi connectivity index (χ2v) is 4.34. The fourth-order valence-corrected chi connectivity index (χ4v) is 2.15. The molecular weight excluding hydrogens is 180 g/mol. The Balaban J connectivity index is 1.69. The van der Waals surface area contributed by atoms with Crippen LogP contribution in [0.25, 0.3) is 0 Å². The van der Waals surface area contributed by atoms with Crippen LogP contribution in [0.15, 0.2) is 0 Å². The van der Waals surface area contributed by atoms with Crippen molar-refractivity contribution < 1.29 is 9.90 Å². The lowest BCUT2D eigenvalue weighted by Gasteiger charge is -2.36. The van der Waals surface area contributed by atoms with E-state index < -0.39 is 6.09 Å². The molecule has 1 saturated heterocycles. The van der Waals surface area contributed by atoms with Crippen molar-refractivity contribution in [3.63, 3.8) is 0 Å². The van der Waals surface area contributed by atoms with Crippen LogP contribution in [0.3, 0.4) is 0 Å². The average Bonchev–Trinajstić information content (AvgIpc) is 2.12. The maximum atomic E-state index is 10.7. The van der Waals surface area contributed by atoms with Crippen LogP contribution in [0.4, 0.5) is 4.79 Å². The monoisotopic (exact) mass is 198 g/mol. The number of likely N-dealkylation sites (tertiary alicyclic amines) is 1. The van der Waals surface area contributed by atoms with Crippen LogP contribution in [0.5, 0.6) is 0 Å². The molecule has 1 saturated carbocycles. The van der Waals surface area contributed by atoms with Gasteiger partial charge in [0.05, 0.1) is 0 Å². The average molecular weight is 198 g/mol. The number of hydrogen-bond acceptors (Lipinski definition) is 2. The number of nitrogens with one attached hydrogen (secondary N) is 1. The van der Waals surface area contributed by atoms with Crippen molar-refractivity contribution in [2.24, 2.45) is 0 Å². The highest BCUT2D eigenvalue weighted by molar-refractivity contribution is 5.65. The molecule has 2 rings (SSSR count). The summed E-state index contributed by atoms with van der Waals surface area (Å²) in [5.41, 5.74) is 0. The lowest BCUT2D eigenvalue weighted by atomic mass is 9.91. The second-order valence-electron chi connectivity index (χ2n) is 4.34. The van der Waals surface area contributed by atoms with E-state index in [0.29, 0.717) is 19.1 Å². The fraction of sp³-hybridized carbons (Fsp3) is 0.900. The molecular formula is C10H18N2O2. The first-order valence-electron chi connectivity index (χ1n) is 5.49. The summed E-state index contributed by atoms with van der Waals surface area (Å²) >= 11 is 0. The lowest BCUT2D eigenvalue weighted by molar-refractivity contribution is 0.125. The predicted molar refractivity (Wildman–Crippen MR) is 53.4 cm³/mol.